The zero-order valence-electron chi connectivity index (χ0n) is 59.3. The van der Waals surface area contributed by atoms with Gasteiger partial charge in [-0.15, -0.1) is 23.0 Å². The molecule has 0 aliphatic carbocycles. The predicted octanol–water partition coefficient (Wildman–Crippen LogP) is 10.9. The van der Waals surface area contributed by atoms with Crippen LogP contribution < -0.4 is 77.2 Å². The third-order valence-corrected chi connectivity index (χ3v) is 13.4. The number of carbonyl (C=O) groups excluding carboxylic acids is 2. The number of alkyl carbamates (subject to hydrolysis) is 2. The number of rotatable bonds is 39. The van der Waals surface area contributed by atoms with Crippen LogP contribution in [-0.4, -0.2) is 152 Å². The summed E-state index contributed by atoms with van der Waals surface area (Å²) in [6.07, 6.45) is 20.3. The molecular formula is C73H100N16O12. The number of terminal acetylenes is 2. The standard InChI is InChI=1S/C37H51N11O5.C18H28N4O4.C18H21NO3/c38-6-1-11-49-31-17-27(36-25-47(45-43-36)29-19-32(50-12-2-7-39)23-33(20-29)51-13-3-8-40)16-28(18-31)37-26-48(46-44-37)30-21-34(52-14-4-9-41)24-35(22-30)53-15-5-10-42;1-5-6-9-24-15-11-14(21-22-19)12-16(13-15)25-10-7-8-20-17(23)26-18(2,3)4;1-6-14-11-15(7-2)13-16(12-14)21-10-8-9-19-17(20)22-18(3,4)5/h16-26H,1-15,38-42H2;11-13H,5-10H2,1-4H3,(H,20,23);1-2,11-13H,8-10H2,3-5H3,(H,19,20). The first-order valence-corrected chi connectivity index (χ1v) is 33.8. The van der Waals surface area contributed by atoms with Gasteiger partial charge in [-0.05, 0) is 180 Å². The fraction of sp³-hybridized carbons (Fsp3) is 0.452. The van der Waals surface area contributed by atoms with E-state index in [1.165, 1.54) is 0 Å². The summed E-state index contributed by atoms with van der Waals surface area (Å²) in [6.45, 7) is 20.3. The third-order valence-electron chi connectivity index (χ3n) is 13.4. The molecule has 28 heteroatoms. The number of nitrogens with two attached hydrogens (primary N) is 5. The summed E-state index contributed by atoms with van der Waals surface area (Å²) in [4.78, 5) is 25.8. The molecule has 0 radical (unpaired) electrons. The molecule has 12 N–H and O–H groups in total. The summed E-state index contributed by atoms with van der Waals surface area (Å²) in [7, 11) is 0. The maximum atomic E-state index is 11.5. The molecule has 544 valence electrons. The van der Waals surface area contributed by atoms with Crippen molar-refractivity contribution in [1.82, 2.24) is 40.6 Å². The van der Waals surface area contributed by atoms with Gasteiger partial charge in [-0.2, -0.15) is 0 Å². The van der Waals surface area contributed by atoms with Crippen LogP contribution in [0.1, 0.15) is 117 Å². The number of nitrogens with zero attached hydrogens (tertiary/aromatic N) is 9. The highest BCUT2D eigenvalue weighted by Crippen LogP contribution is 2.34. The fourth-order valence-corrected chi connectivity index (χ4v) is 8.65. The van der Waals surface area contributed by atoms with Crippen molar-refractivity contribution in [1.29, 1.82) is 0 Å². The Morgan fingerprint density at radius 2 is 0.782 bits per heavy atom. The summed E-state index contributed by atoms with van der Waals surface area (Å²) in [6, 6.07) is 27.4. The van der Waals surface area contributed by atoms with E-state index >= 15 is 0 Å². The van der Waals surface area contributed by atoms with Crippen molar-refractivity contribution in [2.45, 2.75) is 117 Å². The molecule has 2 heterocycles. The smallest absolute Gasteiger partial charge is 0.407 e. The molecule has 7 aromatic rings. The Hall–Kier alpha value is -10.5. The molecule has 28 nitrogen and oxygen atoms in total. The molecule has 2 aromatic heterocycles. The van der Waals surface area contributed by atoms with Gasteiger partial charge in [0.15, 0.2) is 0 Å². The lowest BCUT2D eigenvalue weighted by atomic mass is 10.1. The normalized spacial score (nSPS) is 10.8. The van der Waals surface area contributed by atoms with Crippen LogP contribution in [0.4, 0.5) is 15.3 Å². The van der Waals surface area contributed by atoms with Gasteiger partial charge in [0.25, 0.3) is 0 Å². The van der Waals surface area contributed by atoms with Crippen molar-refractivity contribution in [3.8, 4) is 105 Å². The van der Waals surface area contributed by atoms with Crippen LogP contribution in [0.3, 0.4) is 0 Å². The Morgan fingerprint density at radius 3 is 1.10 bits per heavy atom. The molecule has 0 saturated heterocycles. The van der Waals surface area contributed by atoms with Crippen LogP contribution in [0.15, 0.2) is 109 Å². The van der Waals surface area contributed by atoms with Crippen LogP contribution in [0.2, 0.25) is 0 Å². The number of benzene rings is 5. The van der Waals surface area contributed by atoms with Crippen molar-refractivity contribution in [3.63, 3.8) is 0 Å². The molecule has 0 aliphatic heterocycles. The van der Waals surface area contributed by atoms with Gasteiger partial charge in [0, 0.05) is 88.4 Å². The molecule has 5 aromatic carbocycles. The van der Waals surface area contributed by atoms with E-state index in [0.29, 0.717) is 192 Å². The Labute approximate surface area is 592 Å². The van der Waals surface area contributed by atoms with Crippen molar-refractivity contribution < 1.29 is 57.0 Å². The lowest BCUT2D eigenvalue weighted by Gasteiger charge is -2.19. The van der Waals surface area contributed by atoms with Crippen LogP contribution in [0, 0.1) is 24.7 Å². The summed E-state index contributed by atoms with van der Waals surface area (Å²) in [5, 5.41) is 26.9. The molecule has 0 aliphatic rings. The maximum Gasteiger partial charge on any atom is 0.407 e. The van der Waals surface area contributed by atoms with Gasteiger partial charge in [-0.3, -0.25) is 0 Å². The molecule has 0 saturated carbocycles. The van der Waals surface area contributed by atoms with Crippen molar-refractivity contribution in [2.24, 2.45) is 33.8 Å². The van der Waals surface area contributed by atoms with E-state index in [2.05, 4.69) is 60.0 Å². The van der Waals surface area contributed by atoms with Gasteiger partial charge in [0.2, 0.25) is 0 Å². The fourth-order valence-electron chi connectivity index (χ4n) is 8.65. The van der Waals surface area contributed by atoms with E-state index in [9.17, 15) is 9.59 Å². The van der Waals surface area contributed by atoms with E-state index in [4.69, 9.17) is 94.4 Å². The second-order valence-electron chi connectivity index (χ2n) is 24.5. The molecule has 101 heavy (non-hydrogen) atoms. The number of amides is 2. The maximum absolute atomic E-state index is 11.5. The number of aromatic nitrogens is 6. The number of unbranched alkanes of at least 4 members (excludes halogenated alkanes) is 1. The van der Waals surface area contributed by atoms with Gasteiger partial charge in [0.05, 0.1) is 76.6 Å². The van der Waals surface area contributed by atoms with Gasteiger partial charge in [0.1, 0.15) is 68.6 Å². The zero-order valence-corrected chi connectivity index (χ0v) is 59.3. The first-order valence-electron chi connectivity index (χ1n) is 33.8. The number of azide groups is 1. The van der Waals surface area contributed by atoms with E-state index in [-0.39, 0.29) is 0 Å². The van der Waals surface area contributed by atoms with Crippen LogP contribution in [0.25, 0.3) is 44.3 Å². The lowest BCUT2D eigenvalue weighted by molar-refractivity contribution is 0.0513. The van der Waals surface area contributed by atoms with E-state index < -0.39 is 23.4 Å². The Balaban J connectivity index is 0.000000317. The topological polar surface area (TPSA) is 391 Å². The average molecular weight is 1390 g/mol. The summed E-state index contributed by atoms with van der Waals surface area (Å²) in [5.41, 5.74) is 42.0. The van der Waals surface area contributed by atoms with Crippen LogP contribution >= 0.6 is 0 Å². The Bertz CT molecular complexity index is 3560. The van der Waals surface area contributed by atoms with E-state index in [1.807, 2.05) is 109 Å². The molecule has 7 rings (SSSR count). The third kappa shape index (κ3) is 32.0. The molecule has 0 spiro atoms. The van der Waals surface area contributed by atoms with Crippen LogP contribution in [-0.2, 0) is 9.47 Å². The SMILES string of the molecule is C#Cc1cc(C#C)cc(OCCCNC(=O)OC(C)(C)C)c1.CCCCOc1cc(N=[N+]=[N-])cc(OCCCNC(=O)OC(C)(C)C)c1.NCCCOc1cc(-c2cn(-c3cc(OCCCN)cc(OCCCN)c3)nn2)cc(-c2cn(-c3cc(OCCCN)cc(OCCCN)c3)nn2)c1. The molecule has 0 bridgehead atoms. The van der Waals surface area contributed by atoms with E-state index in [1.54, 1.807) is 45.8 Å². The second kappa shape index (κ2) is 44.5. The molecule has 0 unspecified atom stereocenters. The number of hydrogen-bond donors (Lipinski definition) is 7. The van der Waals surface area contributed by atoms with Crippen LogP contribution in [0.5, 0.6) is 46.0 Å². The summed E-state index contributed by atoms with van der Waals surface area (Å²) < 4.78 is 60.5. The van der Waals surface area contributed by atoms with Gasteiger partial charge in [-0.25, -0.2) is 19.0 Å². The minimum Gasteiger partial charge on any atom is -0.494 e. The predicted molar refractivity (Wildman–Crippen MR) is 390 cm³/mol. The highest BCUT2D eigenvalue weighted by molar-refractivity contribution is 5.72. The van der Waals surface area contributed by atoms with E-state index in [0.717, 1.165) is 61.0 Å². The first-order chi connectivity index (χ1) is 48.7. The number of ether oxygens (including phenoxy) is 10. The zero-order chi connectivity index (χ0) is 73.3. The van der Waals surface area contributed by atoms with Gasteiger partial charge in [-0.1, -0.05) is 40.7 Å². The van der Waals surface area contributed by atoms with Crippen molar-refractivity contribution in [3.05, 3.63) is 125 Å². The lowest BCUT2D eigenvalue weighted by Crippen LogP contribution is -2.33. The van der Waals surface area contributed by atoms with Crippen molar-refractivity contribution in [2.75, 3.05) is 98.7 Å². The number of carbonyl (C=O) groups is 2. The first kappa shape index (κ1) is 81.2. The molecular weight excluding hydrogens is 1290 g/mol. The Morgan fingerprint density at radius 1 is 0.465 bits per heavy atom. The monoisotopic (exact) mass is 1390 g/mol. The highest BCUT2D eigenvalue weighted by Gasteiger charge is 2.19. The number of nitrogens with one attached hydrogen (secondary N) is 2. The second-order valence-corrected chi connectivity index (χ2v) is 24.5. The minimum atomic E-state index is -0.517. The minimum absolute atomic E-state index is 0.393. The molecule has 0 fully saturated rings. The van der Waals surface area contributed by atoms with Gasteiger partial charge >= 0.3 is 12.2 Å². The average Bonchev–Trinajstić information content (AvgIpc) is 1.69. The quantitative estimate of drug-likeness (QED) is 0.00618. The summed E-state index contributed by atoms with van der Waals surface area (Å²) >= 11 is 0. The summed E-state index contributed by atoms with van der Waals surface area (Å²) in [5.74, 6) is 10.0. The van der Waals surface area contributed by atoms with Gasteiger partial charge < -0.3 is 86.7 Å². The number of hydrogen-bond acceptors (Lipinski definition) is 22. The van der Waals surface area contributed by atoms with Crippen molar-refractivity contribution >= 4 is 17.9 Å². The molecule has 0 atom stereocenters. The highest BCUT2D eigenvalue weighted by atomic mass is 16.6. The largest absolute Gasteiger partial charge is 0.494 e. The Kier molecular flexibility index (Phi) is 35.8. The molecule has 2 amide bonds.